The summed E-state index contributed by atoms with van der Waals surface area (Å²) in [6.45, 7) is 3.49. The van der Waals surface area contributed by atoms with Gasteiger partial charge in [0, 0.05) is 5.02 Å². The van der Waals surface area contributed by atoms with E-state index in [1.165, 1.54) is 30.5 Å². The van der Waals surface area contributed by atoms with Crippen LogP contribution < -0.4 is 4.72 Å². The van der Waals surface area contributed by atoms with E-state index >= 15 is 0 Å². The Kier molecular flexibility index (Phi) is 4.22. The Bertz CT molecular complexity index is 744. The average molecular weight is 331 g/mol. The van der Waals surface area contributed by atoms with Gasteiger partial charge >= 0.3 is 0 Å². The van der Waals surface area contributed by atoms with Crippen molar-refractivity contribution < 1.29 is 8.42 Å². The molecule has 4 nitrogen and oxygen atoms in total. The fourth-order valence-electron chi connectivity index (χ4n) is 1.62. The van der Waals surface area contributed by atoms with Crippen molar-refractivity contribution in [3.63, 3.8) is 0 Å². The minimum absolute atomic E-state index is 0.123. The number of pyridine rings is 1. The molecule has 0 radical (unpaired) electrons. The lowest BCUT2D eigenvalue weighted by Crippen LogP contribution is -2.14. The van der Waals surface area contributed by atoms with Crippen LogP contribution >= 0.6 is 23.2 Å². The second kappa shape index (κ2) is 5.60. The van der Waals surface area contributed by atoms with Crippen LogP contribution in [0.3, 0.4) is 0 Å². The molecule has 2 rings (SSSR count). The summed E-state index contributed by atoms with van der Waals surface area (Å²) in [4.78, 5) is 4.17. The number of halogens is 2. The molecule has 0 atom stereocenters. The number of benzene rings is 1. The van der Waals surface area contributed by atoms with Crippen LogP contribution in [0, 0.1) is 13.8 Å². The summed E-state index contributed by atoms with van der Waals surface area (Å²) in [5.74, 6) is 0. The van der Waals surface area contributed by atoms with Gasteiger partial charge in [0.15, 0.2) is 0 Å². The molecule has 0 saturated carbocycles. The van der Waals surface area contributed by atoms with E-state index in [-0.39, 0.29) is 4.90 Å². The molecule has 2 aromatic rings. The van der Waals surface area contributed by atoms with Crippen molar-refractivity contribution in [1.82, 2.24) is 4.98 Å². The summed E-state index contributed by atoms with van der Waals surface area (Å²) in [5.41, 5.74) is 1.64. The summed E-state index contributed by atoms with van der Waals surface area (Å²) in [5, 5.41) is 0.918. The monoisotopic (exact) mass is 330 g/mol. The highest BCUT2D eigenvalue weighted by Crippen LogP contribution is 2.27. The van der Waals surface area contributed by atoms with E-state index in [1.807, 2.05) is 0 Å². The molecule has 0 aliphatic heterocycles. The third-order valence-electron chi connectivity index (χ3n) is 2.81. The van der Waals surface area contributed by atoms with E-state index in [0.29, 0.717) is 27.0 Å². The first kappa shape index (κ1) is 15.1. The number of nitrogens with zero attached hydrogens (tertiary/aromatic N) is 1. The van der Waals surface area contributed by atoms with E-state index in [0.717, 1.165) is 0 Å². The average Bonchev–Trinajstić information content (AvgIpc) is 2.40. The topological polar surface area (TPSA) is 59.1 Å². The second-order valence-corrected chi connectivity index (χ2v) is 6.75. The third-order valence-corrected chi connectivity index (χ3v) is 5.00. The lowest BCUT2D eigenvalue weighted by Gasteiger charge is -2.12. The Morgan fingerprint density at radius 3 is 2.30 bits per heavy atom. The molecule has 0 unspecified atom stereocenters. The molecule has 0 amide bonds. The van der Waals surface area contributed by atoms with Crippen LogP contribution in [-0.4, -0.2) is 13.4 Å². The molecule has 1 aromatic carbocycles. The number of hydrogen-bond acceptors (Lipinski definition) is 3. The fourth-order valence-corrected chi connectivity index (χ4v) is 3.01. The predicted octanol–water partition coefficient (Wildman–Crippen LogP) is 3.81. The van der Waals surface area contributed by atoms with Gasteiger partial charge in [-0.2, -0.15) is 0 Å². The van der Waals surface area contributed by atoms with Crippen LogP contribution in [0.2, 0.25) is 10.0 Å². The molecule has 1 aromatic heterocycles. The molecule has 1 N–H and O–H groups in total. The maximum absolute atomic E-state index is 12.2. The first-order valence-electron chi connectivity index (χ1n) is 5.71. The third kappa shape index (κ3) is 3.06. The number of aryl methyl sites for hydroxylation is 1. The standard InChI is InChI=1S/C13H12Cl2N2O2S/c1-8-12(7-16-9(2)13(8)15)17-20(18,19)11-5-3-10(14)4-6-11/h3-7,17H,1-2H3. The number of anilines is 1. The number of rotatable bonds is 3. The van der Waals surface area contributed by atoms with Gasteiger partial charge in [0.25, 0.3) is 10.0 Å². The van der Waals surface area contributed by atoms with Gasteiger partial charge in [-0.1, -0.05) is 23.2 Å². The van der Waals surface area contributed by atoms with Crippen LogP contribution in [0.15, 0.2) is 35.4 Å². The quantitative estimate of drug-likeness (QED) is 0.930. The van der Waals surface area contributed by atoms with Gasteiger partial charge in [0.2, 0.25) is 0 Å². The van der Waals surface area contributed by atoms with Crippen LogP contribution in [-0.2, 0) is 10.0 Å². The molecule has 7 heteroatoms. The Labute approximate surface area is 127 Å². The van der Waals surface area contributed by atoms with Gasteiger partial charge in [0.05, 0.1) is 27.5 Å². The van der Waals surface area contributed by atoms with Gasteiger partial charge in [-0.3, -0.25) is 9.71 Å². The summed E-state index contributed by atoms with van der Waals surface area (Å²) in [7, 11) is -3.69. The number of nitrogens with one attached hydrogen (secondary N) is 1. The molecular formula is C13H12Cl2N2O2S. The van der Waals surface area contributed by atoms with Crippen molar-refractivity contribution >= 4 is 38.9 Å². The van der Waals surface area contributed by atoms with Gasteiger partial charge in [-0.25, -0.2) is 8.42 Å². The largest absolute Gasteiger partial charge is 0.278 e. The van der Waals surface area contributed by atoms with Crippen molar-refractivity contribution in [2.75, 3.05) is 4.72 Å². The zero-order valence-electron chi connectivity index (χ0n) is 10.8. The van der Waals surface area contributed by atoms with Crippen molar-refractivity contribution in [3.05, 3.63) is 51.8 Å². The highest BCUT2D eigenvalue weighted by molar-refractivity contribution is 7.92. The molecule has 1 heterocycles. The number of sulfonamides is 1. The molecule has 20 heavy (non-hydrogen) atoms. The minimum atomic E-state index is -3.69. The summed E-state index contributed by atoms with van der Waals surface area (Å²) < 4.78 is 26.9. The van der Waals surface area contributed by atoms with E-state index < -0.39 is 10.0 Å². The van der Waals surface area contributed by atoms with Gasteiger partial charge in [0.1, 0.15) is 0 Å². The summed E-state index contributed by atoms with van der Waals surface area (Å²) >= 11 is 11.8. The van der Waals surface area contributed by atoms with Crippen LogP contribution in [0.5, 0.6) is 0 Å². The van der Waals surface area contributed by atoms with Crippen molar-refractivity contribution in [3.8, 4) is 0 Å². The highest BCUT2D eigenvalue weighted by atomic mass is 35.5. The van der Waals surface area contributed by atoms with Crippen molar-refractivity contribution in [2.45, 2.75) is 18.7 Å². The zero-order chi connectivity index (χ0) is 14.9. The maximum Gasteiger partial charge on any atom is 0.261 e. The van der Waals surface area contributed by atoms with Crippen LogP contribution in [0.1, 0.15) is 11.3 Å². The molecule has 0 spiro atoms. The summed E-state index contributed by atoms with van der Waals surface area (Å²) in [6.07, 6.45) is 1.45. The van der Waals surface area contributed by atoms with Crippen molar-refractivity contribution in [2.24, 2.45) is 0 Å². The van der Waals surface area contributed by atoms with E-state index in [2.05, 4.69) is 9.71 Å². The van der Waals surface area contributed by atoms with E-state index in [9.17, 15) is 8.42 Å². The molecule has 106 valence electrons. The minimum Gasteiger partial charge on any atom is -0.278 e. The van der Waals surface area contributed by atoms with Gasteiger partial charge in [-0.05, 0) is 43.7 Å². The molecule has 0 aliphatic rings. The molecule has 0 bridgehead atoms. The van der Waals surface area contributed by atoms with Crippen LogP contribution in [0.4, 0.5) is 5.69 Å². The second-order valence-electron chi connectivity index (χ2n) is 4.26. The smallest absolute Gasteiger partial charge is 0.261 e. The highest BCUT2D eigenvalue weighted by Gasteiger charge is 2.16. The first-order valence-corrected chi connectivity index (χ1v) is 7.95. The molecule has 0 saturated heterocycles. The van der Waals surface area contributed by atoms with E-state index in [1.54, 1.807) is 13.8 Å². The van der Waals surface area contributed by atoms with Crippen LogP contribution in [0.25, 0.3) is 0 Å². The molecular weight excluding hydrogens is 319 g/mol. The number of aromatic nitrogens is 1. The van der Waals surface area contributed by atoms with Gasteiger partial charge in [-0.15, -0.1) is 0 Å². The SMILES string of the molecule is Cc1ncc(NS(=O)(=O)c2ccc(Cl)cc2)c(C)c1Cl. The van der Waals surface area contributed by atoms with Gasteiger partial charge < -0.3 is 0 Å². The fraction of sp³-hybridized carbons (Fsp3) is 0.154. The lowest BCUT2D eigenvalue weighted by atomic mass is 10.2. The normalized spacial score (nSPS) is 11.4. The Balaban J connectivity index is 2.38. The van der Waals surface area contributed by atoms with Crippen molar-refractivity contribution in [1.29, 1.82) is 0 Å². The first-order chi connectivity index (χ1) is 9.31. The Hall–Kier alpha value is -1.30. The lowest BCUT2D eigenvalue weighted by molar-refractivity contribution is 0.601. The summed E-state index contributed by atoms with van der Waals surface area (Å²) in [6, 6.07) is 5.90. The number of hydrogen-bond donors (Lipinski definition) is 1. The molecule has 0 fully saturated rings. The van der Waals surface area contributed by atoms with E-state index in [4.69, 9.17) is 23.2 Å². The predicted molar refractivity (Wildman–Crippen MR) is 81.0 cm³/mol. The molecule has 0 aliphatic carbocycles. The Morgan fingerprint density at radius 1 is 1.10 bits per heavy atom. The Morgan fingerprint density at radius 2 is 1.70 bits per heavy atom. The maximum atomic E-state index is 12.2. The zero-order valence-corrected chi connectivity index (χ0v) is 13.1.